The summed E-state index contributed by atoms with van der Waals surface area (Å²) >= 11 is 1.56. The summed E-state index contributed by atoms with van der Waals surface area (Å²) in [5, 5.41) is 11.1. The molecule has 0 radical (unpaired) electrons. The molecule has 52 valence electrons. The Hall–Kier alpha value is -1.16. The predicted molar refractivity (Wildman–Crippen MR) is 41.4 cm³/mol. The van der Waals surface area contributed by atoms with Crippen LogP contribution in [0.1, 0.15) is 0 Å². The van der Waals surface area contributed by atoms with Crippen LogP contribution in [-0.4, -0.2) is 9.94 Å². The first kappa shape index (κ1) is 5.61. The molecule has 2 aromatic rings. The van der Waals surface area contributed by atoms with Crippen molar-refractivity contribution in [2.24, 2.45) is 0 Å². The van der Waals surface area contributed by atoms with Gasteiger partial charge in [0.1, 0.15) is 5.82 Å². The summed E-state index contributed by atoms with van der Waals surface area (Å²) in [4.78, 5) is 0. The van der Waals surface area contributed by atoms with Crippen LogP contribution in [-0.2, 0) is 0 Å². The second-order valence-electron chi connectivity index (χ2n) is 2.05. The zero-order chi connectivity index (χ0) is 7.14. The molecule has 0 saturated heterocycles. The lowest BCUT2D eigenvalue weighted by molar-refractivity contribution is 0.206. The Morgan fingerprint density at radius 2 is 2.40 bits per heavy atom. The van der Waals surface area contributed by atoms with Gasteiger partial charge in [-0.2, -0.15) is 4.73 Å². The first-order chi connectivity index (χ1) is 4.79. The molecule has 0 spiro atoms. The molecular weight excluding hydrogens is 148 g/mol. The molecule has 0 unspecified atom stereocenters. The van der Waals surface area contributed by atoms with Gasteiger partial charge in [0.2, 0.25) is 0 Å². The minimum absolute atomic E-state index is 0.391. The SMILES string of the molecule is Nc1cc2sccc2n1O. The normalized spacial score (nSPS) is 10.8. The lowest BCUT2D eigenvalue weighted by Crippen LogP contribution is -1.95. The van der Waals surface area contributed by atoms with Crippen LogP contribution in [0.5, 0.6) is 0 Å². The van der Waals surface area contributed by atoms with E-state index in [0.29, 0.717) is 5.82 Å². The van der Waals surface area contributed by atoms with Crippen LogP contribution < -0.4 is 5.73 Å². The zero-order valence-electron chi connectivity index (χ0n) is 5.11. The van der Waals surface area contributed by atoms with Crippen molar-refractivity contribution in [2.45, 2.75) is 0 Å². The van der Waals surface area contributed by atoms with E-state index in [1.54, 1.807) is 17.4 Å². The third kappa shape index (κ3) is 0.537. The highest BCUT2D eigenvalue weighted by Crippen LogP contribution is 2.24. The molecule has 10 heavy (non-hydrogen) atoms. The Balaban J connectivity index is 2.95. The van der Waals surface area contributed by atoms with Crippen LogP contribution in [0.15, 0.2) is 17.5 Å². The van der Waals surface area contributed by atoms with Crippen molar-refractivity contribution in [1.29, 1.82) is 0 Å². The Labute approximate surface area is 61.3 Å². The number of nitrogen functional groups attached to an aromatic ring is 1. The van der Waals surface area contributed by atoms with E-state index in [1.807, 2.05) is 11.4 Å². The molecule has 0 atom stereocenters. The van der Waals surface area contributed by atoms with Gasteiger partial charge in [-0.05, 0) is 11.4 Å². The number of thiophene rings is 1. The number of rotatable bonds is 0. The number of hydrogen-bond acceptors (Lipinski definition) is 3. The van der Waals surface area contributed by atoms with Crippen molar-refractivity contribution in [1.82, 2.24) is 4.73 Å². The Kier molecular flexibility index (Phi) is 0.935. The van der Waals surface area contributed by atoms with E-state index < -0.39 is 0 Å². The third-order valence-electron chi connectivity index (χ3n) is 1.43. The average molecular weight is 154 g/mol. The number of nitrogens with zero attached hydrogens (tertiary/aromatic N) is 1. The maximum Gasteiger partial charge on any atom is 0.141 e. The van der Waals surface area contributed by atoms with E-state index in [4.69, 9.17) is 5.73 Å². The summed E-state index contributed by atoms with van der Waals surface area (Å²) in [6.07, 6.45) is 0. The fourth-order valence-corrected chi connectivity index (χ4v) is 1.74. The van der Waals surface area contributed by atoms with Crippen LogP contribution in [0.25, 0.3) is 10.2 Å². The van der Waals surface area contributed by atoms with Gasteiger partial charge in [-0.1, -0.05) is 0 Å². The van der Waals surface area contributed by atoms with Gasteiger partial charge in [-0.15, -0.1) is 11.3 Å². The van der Waals surface area contributed by atoms with Gasteiger partial charge in [0.15, 0.2) is 0 Å². The number of aromatic nitrogens is 1. The van der Waals surface area contributed by atoms with Crippen LogP contribution in [0.4, 0.5) is 5.82 Å². The van der Waals surface area contributed by atoms with E-state index in [2.05, 4.69) is 0 Å². The van der Waals surface area contributed by atoms with Crippen molar-refractivity contribution in [3.63, 3.8) is 0 Å². The highest BCUT2D eigenvalue weighted by atomic mass is 32.1. The van der Waals surface area contributed by atoms with Gasteiger partial charge in [-0.25, -0.2) is 0 Å². The molecule has 4 heteroatoms. The number of hydrogen-bond donors (Lipinski definition) is 2. The van der Waals surface area contributed by atoms with E-state index >= 15 is 0 Å². The Bertz CT molecular complexity index is 363. The second-order valence-corrected chi connectivity index (χ2v) is 3.00. The lowest BCUT2D eigenvalue weighted by Gasteiger charge is -1.91. The molecule has 0 bridgehead atoms. The Morgan fingerprint density at radius 1 is 1.60 bits per heavy atom. The number of nitrogens with two attached hydrogens (primary N) is 1. The highest BCUT2D eigenvalue weighted by Gasteiger charge is 2.03. The first-order valence-electron chi connectivity index (χ1n) is 2.83. The van der Waals surface area contributed by atoms with Crippen LogP contribution in [0, 0.1) is 0 Å². The molecule has 0 aliphatic heterocycles. The molecule has 0 fully saturated rings. The smallest absolute Gasteiger partial charge is 0.141 e. The van der Waals surface area contributed by atoms with Crippen LogP contribution >= 0.6 is 11.3 Å². The minimum Gasteiger partial charge on any atom is -0.426 e. The first-order valence-corrected chi connectivity index (χ1v) is 3.70. The summed E-state index contributed by atoms with van der Waals surface area (Å²) in [6.45, 7) is 0. The zero-order valence-corrected chi connectivity index (χ0v) is 5.93. The second kappa shape index (κ2) is 1.67. The Morgan fingerprint density at radius 3 is 3.10 bits per heavy atom. The topological polar surface area (TPSA) is 51.2 Å². The summed E-state index contributed by atoms with van der Waals surface area (Å²) in [6, 6.07) is 3.58. The van der Waals surface area contributed by atoms with Crippen molar-refractivity contribution < 1.29 is 5.21 Å². The molecule has 2 aromatic heterocycles. The fourth-order valence-electron chi connectivity index (χ4n) is 0.932. The van der Waals surface area contributed by atoms with Gasteiger partial charge >= 0.3 is 0 Å². The molecule has 0 aliphatic rings. The van der Waals surface area contributed by atoms with Gasteiger partial charge in [0.25, 0.3) is 0 Å². The highest BCUT2D eigenvalue weighted by molar-refractivity contribution is 7.17. The van der Waals surface area contributed by atoms with Crippen molar-refractivity contribution in [2.75, 3.05) is 5.73 Å². The maximum absolute atomic E-state index is 9.19. The average Bonchev–Trinajstić information content (AvgIpc) is 2.41. The standard InChI is InChI=1S/C6H6N2OS/c7-6-3-5-4(8(6)9)1-2-10-5/h1-3,9H,7H2. The van der Waals surface area contributed by atoms with Crippen molar-refractivity contribution in [3.8, 4) is 0 Å². The summed E-state index contributed by atoms with van der Waals surface area (Å²) < 4.78 is 2.01. The van der Waals surface area contributed by atoms with Crippen LogP contribution in [0.3, 0.4) is 0 Å². The molecule has 0 aromatic carbocycles. The van der Waals surface area contributed by atoms with E-state index in [-0.39, 0.29) is 0 Å². The monoisotopic (exact) mass is 154 g/mol. The van der Waals surface area contributed by atoms with Crippen molar-refractivity contribution >= 4 is 27.4 Å². The van der Waals surface area contributed by atoms with E-state index in [9.17, 15) is 5.21 Å². The molecule has 0 aliphatic carbocycles. The molecule has 3 N–H and O–H groups in total. The molecule has 2 heterocycles. The van der Waals surface area contributed by atoms with Gasteiger partial charge in [0, 0.05) is 6.07 Å². The maximum atomic E-state index is 9.19. The molecule has 0 amide bonds. The minimum atomic E-state index is 0.391. The molecule has 0 saturated carbocycles. The van der Waals surface area contributed by atoms with Crippen molar-refractivity contribution in [3.05, 3.63) is 17.5 Å². The summed E-state index contributed by atoms with van der Waals surface area (Å²) in [5.41, 5.74) is 6.20. The molecule has 3 nitrogen and oxygen atoms in total. The number of fused-ring (bicyclic) bond motifs is 1. The van der Waals surface area contributed by atoms with E-state index in [0.717, 1.165) is 14.9 Å². The van der Waals surface area contributed by atoms with Crippen LogP contribution in [0.2, 0.25) is 0 Å². The van der Waals surface area contributed by atoms with Gasteiger partial charge in [0.05, 0.1) is 10.2 Å². The van der Waals surface area contributed by atoms with Gasteiger partial charge in [-0.3, -0.25) is 0 Å². The molecular formula is C6H6N2OS. The lowest BCUT2D eigenvalue weighted by atomic mass is 10.5. The third-order valence-corrected chi connectivity index (χ3v) is 2.28. The number of anilines is 1. The predicted octanol–water partition coefficient (Wildman–Crippen LogP) is 1.52. The summed E-state index contributed by atoms with van der Waals surface area (Å²) in [5.74, 6) is 0.391. The van der Waals surface area contributed by atoms with E-state index in [1.165, 1.54) is 0 Å². The molecule has 2 rings (SSSR count). The fraction of sp³-hybridized carbons (Fsp3) is 0. The largest absolute Gasteiger partial charge is 0.426 e. The van der Waals surface area contributed by atoms with Gasteiger partial charge < -0.3 is 10.9 Å². The quantitative estimate of drug-likeness (QED) is 0.565. The summed E-state index contributed by atoms with van der Waals surface area (Å²) in [7, 11) is 0.